The molecule has 2 aromatic rings. The molecule has 0 aliphatic heterocycles. The molecule has 0 fully saturated rings. The number of nitrogens with one attached hydrogen (secondary N) is 1. The minimum atomic E-state index is 0.943. The van der Waals surface area contributed by atoms with Crippen LogP contribution in [0.5, 0.6) is 0 Å². The Labute approximate surface area is 104 Å². The minimum absolute atomic E-state index is 0.943. The van der Waals surface area contributed by atoms with Crippen molar-refractivity contribution in [1.29, 1.82) is 0 Å². The highest BCUT2D eigenvalue weighted by Crippen LogP contribution is 2.25. The molecular formula is C13H15BrN2. The normalized spacial score (nSPS) is 10.7. The summed E-state index contributed by atoms with van der Waals surface area (Å²) in [7, 11) is 0. The van der Waals surface area contributed by atoms with Crippen molar-refractivity contribution in [2.24, 2.45) is 0 Å². The Bertz CT molecular complexity index is 509. The first kappa shape index (κ1) is 11.4. The molecule has 84 valence electrons. The summed E-state index contributed by atoms with van der Waals surface area (Å²) < 4.78 is 1.06. The fourth-order valence-electron chi connectivity index (χ4n) is 1.68. The molecule has 0 aliphatic carbocycles. The van der Waals surface area contributed by atoms with Gasteiger partial charge in [0.2, 0.25) is 0 Å². The molecule has 16 heavy (non-hydrogen) atoms. The van der Waals surface area contributed by atoms with E-state index in [4.69, 9.17) is 0 Å². The van der Waals surface area contributed by atoms with Gasteiger partial charge in [-0.05, 0) is 59.1 Å². The fraction of sp³-hybridized carbons (Fsp3) is 0.308. The van der Waals surface area contributed by atoms with Gasteiger partial charge < -0.3 is 5.32 Å². The van der Waals surface area contributed by atoms with Crippen LogP contribution in [0.1, 0.15) is 18.9 Å². The topological polar surface area (TPSA) is 24.9 Å². The molecule has 1 aromatic carbocycles. The van der Waals surface area contributed by atoms with E-state index in [0.29, 0.717) is 0 Å². The number of anilines is 1. The van der Waals surface area contributed by atoms with Crippen LogP contribution in [0.15, 0.2) is 28.7 Å². The van der Waals surface area contributed by atoms with Gasteiger partial charge in [0.15, 0.2) is 0 Å². The second-order valence-electron chi connectivity index (χ2n) is 3.94. The predicted molar refractivity (Wildman–Crippen MR) is 73.0 cm³/mol. The van der Waals surface area contributed by atoms with Gasteiger partial charge in [0.25, 0.3) is 0 Å². The molecule has 0 bridgehead atoms. The van der Waals surface area contributed by atoms with Crippen LogP contribution in [-0.4, -0.2) is 11.5 Å². The first-order chi connectivity index (χ1) is 7.70. The standard InChI is InChI=1S/C13H15BrN2/c1-3-6-15-12-5-4-10-7-9(2)8-11(14)13(10)16-12/h4-5,7-8H,3,6H2,1-2H3,(H,15,16). The zero-order valence-electron chi connectivity index (χ0n) is 9.55. The summed E-state index contributed by atoms with van der Waals surface area (Å²) in [6.45, 7) is 5.20. The molecule has 0 radical (unpaired) electrons. The van der Waals surface area contributed by atoms with Gasteiger partial charge in [0.05, 0.1) is 5.52 Å². The van der Waals surface area contributed by atoms with Crippen molar-refractivity contribution in [1.82, 2.24) is 4.98 Å². The lowest BCUT2D eigenvalue weighted by Crippen LogP contribution is -2.01. The van der Waals surface area contributed by atoms with Crippen molar-refractivity contribution >= 4 is 32.7 Å². The highest BCUT2D eigenvalue weighted by molar-refractivity contribution is 9.10. The molecule has 0 amide bonds. The largest absolute Gasteiger partial charge is 0.370 e. The van der Waals surface area contributed by atoms with Crippen molar-refractivity contribution in [3.05, 3.63) is 34.3 Å². The summed E-state index contributed by atoms with van der Waals surface area (Å²) in [5.41, 5.74) is 2.27. The number of aryl methyl sites for hydroxylation is 1. The van der Waals surface area contributed by atoms with E-state index in [1.165, 1.54) is 10.9 Å². The summed E-state index contributed by atoms with van der Waals surface area (Å²) in [4.78, 5) is 4.60. The Morgan fingerprint density at radius 1 is 1.31 bits per heavy atom. The van der Waals surface area contributed by atoms with E-state index in [1.54, 1.807) is 0 Å². The molecule has 0 saturated heterocycles. The summed E-state index contributed by atoms with van der Waals surface area (Å²) in [5.74, 6) is 0.943. The van der Waals surface area contributed by atoms with Crippen molar-refractivity contribution in [2.75, 3.05) is 11.9 Å². The van der Waals surface area contributed by atoms with E-state index in [2.05, 4.69) is 58.3 Å². The molecule has 0 saturated carbocycles. The molecule has 1 aromatic heterocycles. The van der Waals surface area contributed by atoms with Gasteiger partial charge >= 0.3 is 0 Å². The van der Waals surface area contributed by atoms with Gasteiger partial charge in [0.1, 0.15) is 5.82 Å². The zero-order valence-corrected chi connectivity index (χ0v) is 11.1. The zero-order chi connectivity index (χ0) is 11.5. The number of nitrogens with zero attached hydrogens (tertiary/aromatic N) is 1. The van der Waals surface area contributed by atoms with Gasteiger partial charge in [-0.1, -0.05) is 6.92 Å². The van der Waals surface area contributed by atoms with Crippen molar-refractivity contribution in [3.8, 4) is 0 Å². The lowest BCUT2D eigenvalue weighted by Gasteiger charge is -2.07. The first-order valence-electron chi connectivity index (χ1n) is 5.51. The number of fused-ring (bicyclic) bond motifs is 1. The lowest BCUT2D eigenvalue weighted by atomic mass is 10.1. The van der Waals surface area contributed by atoms with Crippen LogP contribution in [0.2, 0.25) is 0 Å². The van der Waals surface area contributed by atoms with Crippen LogP contribution in [-0.2, 0) is 0 Å². The van der Waals surface area contributed by atoms with Crippen molar-refractivity contribution < 1.29 is 0 Å². The van der Waals surface area contributed by atoms with E-state index in [1.807, 2.05) is 6.07 Å². The second-order valence-corrected chi connectivity index (χ2v) is 4.80. The Balaban J connectivity index is 2.45. The van der Waals surface area contributed by atoms with Gasteiger partial charge in [-0.25, -0.2) is 4.98 Å². The molecule has 1 heterocycles. The third-order valence-electron chi connectivity index (χ3n) is 2.45. The Morgan fingerprint density at radius 2 is 2.12 bits per heavy atom. The van der Waals surface area contributed by atoms with Crippen molar-refractivity contribution in [3.63, 3.8) is 0 Å². The maximum atomic E-state index is 4.60. The van der Waals surface area contributed by atoms with Gasteiger partial charge in [-0.2, -0.15) is 0 Å². The first-order valence-corrected chi connectivity index (χ1v) is 6.31. The summed E-state index contributed by atoms with van der Waals surface area (Å²) >= 11 is 3.56. The van der Waals surface area contributed by atoms with Gasteiger partial charge in [-0.3, -0.25) is 0 Å². The SMILES string of the molecule is CCCNc1ccc2cc(C)cc(Br)c2n1. The highest BCUT2D eigenvalue weighted by atomic mass is 79.9. The second kappa shape index (κ2) is 4.83. The maximum Gasteiger partial charge on any atom is 0.126 e. The van der Waals surface area contributed by atoms with E-state index < -0.39 is 0 Å². The number of pyridine rings is 1. The predicted octanol–water partition coefficient (Wildman–Crippen LogP) is 4.13. The average molecular weight is 279 g/mol. The number of hydrogen-bond acceptors (Lipinski definition) is 2. The highest BCUT2D eigenvalue weighted by Gasteiger charge is 2.02. The van der Waals surface area contributed by atoms with E-state index in [-0.39, 0.29) is 0 Å². The quantitative estimate of drug-likeness (QED) is 0.913. The molecule has 2 rings (SSSR count). The van der Waals surface area contributed by atoms with Crippen LogP contribution < -0.4 is 5.32 Å². The molecule has 0 spiro atoms. The average Bonchev–Trinajstić information content (AvgIpc) is 2.26. The summed E-state index contributed by atoms with van der Waals surface area (Å²) in [6, 6.07) is 8.39. The maximum absolute atomic E-state index is 4.60. The van der Waals surface area contributed by atoms with Crippen LogP contribution in [0, 0.1) is 6.92 Å². The van der Waals surface area contributed by atoms with E-state index >= 15 is 0 Å². The Morgan fingerprint density at radius 3 is 2.88 bits per heavy atom. The number of halogens is 1. The number of benzene rings is 1. The van der Waals surface area contributed by atoms with E-state index in [9.17, 15) is 0 Å². The molecule has 0 aliphatic rings. The van der Waals surface area contributed by atoms with Gasteiger partial charge in [0, 0.05) is 16.4 Å². The number of rotatable bonds is 3. The van der Waals surface area contributed by atoms with Crippen molar-refractivity contribution in [2.45, 2.75) is 20.3 Å². The lowest BCUT2D eigenvalue weighted by molar-refractivity contribution is 0.971. The molecule has 2 nitrogen and oxygen atoms in total. The monoisotopic (exact) mass is 278 g/mol. The van der Waals surface area contributed by atoms with Crippen LogP contribution in [0.3, 0.4) is 0 Å². The summed E-state index contributed by atoms with van der Waals surface area (Å²) in [6.07, 6.45) is 1.11. The molecule has 3 heteroatoms. The van der Waals surface area contributed by atoms with Crippen LogP contribution in [0.25, 0.3) is 10.9 Å². The molecular weight excluding hydrogens is 264 g/mol. The van der Waals surface area contributed by atoms with Crippen LogP contribution in [0.4, 0.5) is 5.82 Å². The Hall–Kier alpha value is -1.09. The van der Waals surface area contributed by atoms with Crippen LogP contribution >= 0.6 is 15.9 Å². The molecule has 1 N–H and O–H groups in total. The number of aromatic nitrogens is 1. The molecule has 0 atom stereocenters. The third-order valence-corrected chi connectivity index (χ3v) is 3.05. The van der Waals surface area contributed by atoms with E-state index in [0.717, 1.165) is 28.8 Å². The smallest absolute Gasteiger partial charge is 0.126 e. The number of hydrogen-bond donors (Lipinski definition) is 1. The molecule has 0 unspecified atom stereocenters. The third kappa shape index (κ3) is 2.35. The fourth-order valence-corrected chi connectivity index (χ4v) is 2.36. The summed E-state index contributed by atoms with van der Waals surface area (Å²) in [5, 5.41) is 4.47. The minimum Gasteiger partial charge on any atom is -0.370 e. The Kier molecular flexibility index (Phi) is 3.44. The van der Waals surface area contributed by atoms with Gasteiger partial charge in [-0.15, -0.1) is 0 Å².